The second-order valence-corrected chi connectivity index (χ2v) is 5.11. The Morgan fingerprint density at radius 3 is 2.13 bits per heavy atom. The van der Waals surface area contributed by atoms with Crippen LogP contribution in [-0.2, 0) is 0 Å². The Balaban J connectivity index is 2.53. The molecule has 0 saturated carbocycles. The number of hydrogen-bond acceptors (Lipinski definition) is 3. The molecule has 0 saturated heterocycles. The third-order valence-corrected chi connectivity index (χ3v) is 3.72. The largest absolute Gasteiger partial charge is 0.399 e. The molecule has 0 unspecified atom stereocenters. The summed E-state index contributed by atoms with van der Waals surface area (Å²) in [6, 6.07) is 7.59. The Hall–Kier alpha value is -1.19. The number of anilines is 2. The summed E-state index contributed by atoms with van der Waals surface area (Å²) in [6.07, 6.45) is 0. The molecule has 15 heavy (non-hydrogen) atoms. The molecule has 1 aromatic carbocycles. The average Bonchev–Trinajstić information content (AvgIpc) is 2.45. The quantitative estimate of drug-likeness (QED) is 0.747. The van der Waals surface area contributed by atoms with Gasteiger partial charge in [-0.2, -0.15) is 0 Å². The number of thiophene rings is 1. The van der Waals surface area contributed by atoms with E-state index in [4.69, 9.17) is 23.1 Å². The smallest absolute Gasteiger partial charge is 0.0963 e. The molecule has 0 spiro atoms. The maximum atomic E-state index is 6.01. The van der Waals surface area contributed by atoms with Crippen molar-refractivity contribution >= 4 is 34.3 Å². The number of benzene rings is 1. The number of aryl methyl sites for hydroxylation is 1. The van der Waals surface area contributed by atoms with Crippen LogP contribution in [0, 0.1) is 6.92 Å². The van der Waals surface area contributed by atoms with Crippen LogP contribution in [0.2, 0.25) is 4.34 Å². The molecule has 0 aliphatic carbocycles. The van der Waals surface area contributed by atoms with Gasteiger partial charge in [-0.3, -0.25) is 0 Å². The molecule has 2 rings (SSSR count). The highest BCUT2D eigenvalue weighted by molar-refractivity contribution is 7.19. The van der Waals surface area contributed by atoms with Crippen molar-refractivity contribution in [1.82, 2.24) is 0 Å². The van der Waals surface area contributed by atoms with Crippen molar-refractivity contribution < 1.29 is 0 Å². The van der Waals surface area contributed by atoms with E-state index in [1.807, 2.05) is 25.1 Å². The van der Waals surface area contributed by atoms with E-state index in [1.165, 1.54) is 11.3 Å². The first-order valence-electron chi connectivity index (χ1n) is 4.48. The van der Waals surface area contributed by atoms with Crippen LogP contribution in [-0.4, -0.2) is 0 Å². The van der Waals surface area contributed by atoms with E-state index in [-0.39, 0.29) is 0 Å². The van der Waals surface area contributed by atoms with Crippen LogP contribution in [0.25, 0.3) is 10.4 Å². The SMILES string of the molecule is Cc1cc(-c2cc(N)cc(N)c2)sc1Cl. The molecule has 0 bridgehead atoms. The Kier molecular flexibility index (Phi) is 2.59. The molecule has 1 heterocycles. The zero-order chi connectivity index (χ0) is 11.0. The lowest BCUT2D eigenvalue weighted by atomic mass is 10.1. The van der Waals surface area contributed by atoms with Gasteiger partial charge in [-0.25, -0.2) is 0 Å². The Morgan fingerprint density at radius 2 is 1.67 bits per heavy atom. The molecule has 4 N–H and O–H groups in total. The minimum atomic E-state index is 0.673. The third-order valence-electron chi connectivity index (χ3n) is 2.12. The van der Waals surface area contributed by atoms with E-state index in [2.05, 4.69) is 0 Å². The van der Waals surface area contributed by atoms with E-state index in [9.17, 15) is 0 Å². The summed E-state index contributed by atoms with van der Waals surface area (Å²) in [5.41, 5.74) is 14.9. The molecule has 0 atom stereocenters. The van der Waals surface area contributed by atoms with Crippen molar-refractivity contribution in [2.24, 2.45) is 0 Å². The predicted molar refractivity (Wildman–Crippen MR) is 68.3 cm³/mol. The molecule has 78 valence electrons. The number of rotatable bonds is 1. The minimum absolute atomic E-state index is 0.673. The molecule has 4 heteroatoms. The Bertz CT molecular complexity index is 466. The summed E-state index contributed by atoms with van der Waals surface area (Å²) in [7, 11) is 0. The summed E-state index contributed by atoms with van der Waals surface area (Å²) < 4.78 is 0.811. The van der Waals surface area contributed by atoms with Gasteiger partial charge in [0.05, 0.1) is 4.34 Å². The van der Waals surface area contributed by atoms with Crippen molar-refractivity contribution in [3.8, 4) is 10.4 Å². The van der Waals surface area contributed by atoms with Crippen LogP contribution in [0.3, 0.4) is 0 Å². The van der Waals surface area contributed by atoms with Gasteiger partial charge in [-0.1, -0.05) is 11.6 Å². The highest BCUT2D eigenvalue weighted by atomic mass is 35.5. The molecule has 0 aliphatic heterocycles. The van der Waals surface area contributed by atoms with Gasteiger partial charge in [0.25, 0.3) is 0 Å². The van der Waals surface area contributed by atoms with Gasteiger partial charge < -0.3 is 11.5 Å². The molecule has 2 nitrogen and oxygen atoms in total. The molecule has 0 fully saturated rings. The van der Waals surface area contributed by atoms with Crippen molar-refractivity contribution in [3.05, 3.63) is 34.2 Å². The summed E-state index contributed by atoms with van der Waals surface area (Å²) in [4.78, 5) is 1.09. The second kappa shape index (κ2) is 3.76. The zero-order valence-electron chi connectivity index (χ0n) is 8.25. The standard InChI is InChI=1S/C11H11ClN2S/c1-6-2-10(15-11(6)12)7-3-8(13)5-9(14)4-7/h2-5H,13-14H2,1H3. The van der Waals surface area contributed by atoms with E-state index < -0.39 is 0 Å². The topological polar surface area (TPSA) is 52.0 Å². The first-order valence-corrected chi connectivity index (χ1v) is 5.68. The number of halogens is 1. The van der Waals surface area contributed by atoms with Crippen LogP contribution in [0.15, 0.2) is 24.3 Å². The summed E-state index contributed by atoms with van der Waals surface area (Å²) in [5, 5.41) is 0. The van der Waals surface area contributed by atoms with Crippen LogP contribution >= 0.6 is 22.9 Å². The fourth-order valence-electron chi connectivity index (χ4n) is 1.42. The average molecular weight is 239 g/mol. The zero-order valence-corrected chi connectivity index (χ0v) is 9.82. The number of hydrogen-bond donors (Lipinski definition) is 2. The van der Waals surface area contributed by atoms with Gasteiger partial charge in [0.2, 0.25) is 0 Å². The maximum absolute atomic E-state index is 6.01. The van der Waals surface area contributed by atoms with Crippen LogP contribution in [0.4, 0.5) is 11.4 Å². The van der Waals surface area contributed by atoms with Gasteiger partial charge in [0.15, 0.2) is 0 Å². The fourth-order valence-corrected chi connectivity index (χ4v) is 2.61. The van der Waals surface area contributed by atoms with Crippen LogP contribution in [0.5, 0.6) is 0 Å². The Morgan fingerprint density at radius 1 is 1.07 bits per heavy atom. The van der Waals surface area contributed by atoms with Gasteiger partial charge >= 0.3 is 0 Å². The molecule has 0 aliphatic rings. The van der Waals surface area contributed by atoms with Crippen molar-refractivity contribution in [2.75, 3.05) is 11.5 Å². The van der Waals surface area contributed by atoms with E-state index in [1.54, 1.807) is 6.07 Å². The first kappa shape index (κ1) is 10.3. The van der Waals surface area contributed by atoms with Crippen LogP contribution in [0.1, 0.15) is 5.56 Å². The number of nitrogens with two attached hydrogens (primary N) is 2. The molecule has 1 aromatic heterocycles. The summed E-state index contributed by atoms with van der Waals surface area (Å²) >= 11 is 7.55. The molecule has 0 radical (unpaired) electrons. The molecule has 2 aromatic rings. The lowest BCUT2D eigenvalue weighted by Crippen LogP contribution is -1.90. The predicted octanol–water partition coefficient (Wildman–Crippen LogP) is 3.54. The number of nitrogen functional groups attached to an aromatic ring is 2. The first-order chi connectivity index (χ1) is 7.06. The van der Waals surface area contributed by atoms with Gasteiger partial charge in [0, 0.05) is 16.3 Å². The van der Waals surface area contributed by atoms with E-state index in [0.717, 1.165) is 20.3 Å². The lowest BCUT2D eigenvalue weighted by Gasteiger charge is -2.01. The van der Waals surface area contributed by atoms with Gasteiger partial charge in [-0.15, -0.1) is 11.3 Å². The van der Waals surface area contributed by atoms with E-state index in [0.29, 0.717) is 11.4 Å². The minimum Gasteiger partial charge on any atom is -0.399 e. The highest BCUT2D eigenvalue weighted by Gasteiger charge is 2.06. The van der Waals surface area contributed by atoms with Gasteiger partial charge in [0.1, 0.15) is 0 Å². The van der Waals surface area contributed by atoms with Crippen molar-refractivity contribution in [2.45, 2.75) is 6.92 Å². The summed E-state index contributed by atoms with van der Waals surface area (Å²) in [5.74, 6) is 0. The van der Waals surface area contributed by atoms with Crippen molar-refractivity contribution in [3.63, 3.8) is 0 Å². The maximum Gasteiger partial charge on any atom is 0.0963 e. The second-order valence-electron chi connectivity index (χ2n) is 3.46. The third kappa shape index (κ3) is 2.08. The van der Waals surface area contributed by atoms with Crippen LogP contribution < -0.4 is 11.5 Å². The molecular weight excluding hydrogens is 228 g/mol. The lowest BCUT2D eigenvalue weighted by molar-refractivity contribution is 1.55. The Labute approximate surface area is 97.5 Å². The molecule has 0 amide bonds. The normalized spacial score (nSPS) is 10.5. The fraction of sp³-hybridized carbons (Fsp3) is 0.0909. The van der Waals surface area contributed by atoms with E-state index >= 15 is 0 Å². The monoisotopic (exact) mass is 238 g/mol. The summed E-state index contributed by atoms with van der Waals surface area (Å²) in [6.45, 7) is 1.98. The van der Waals surface area contributed by atoms with Crippen molar-refractivity contribution in [1.29, 1.82) is 0 Å². The molecular formula is C11H11ClN2S. The highest BCUT2D eigenvalue weighted by Crippen LogP contribution is 2.35. The van der Waals surface area contributed by atoms with Gasteiger partial charge in [-0.05, 0) is 42.3 Å².